The summed E-state index contributed by atoms with van der Waals surface area (Å²) in [6.45, 7) is 1.87. The van der Waals surface area contributed by atoms with Gasteiger partial charge in [-0.2, -0.15) is 0 Å². The molecule has 1 amide bonds. The molecule has 1 aliphatic rings. The third-order valence-corrected chi connectivity index (χ3v) is 5.20. The molecule has 2 aromatic carbocycles. The van der Waals surface area contributed by atoms with Gasteiger partial charge in [0.25, 0.3) is 17.3 Å². The van der Waals surface area contributed by atoms with Crippen LogP contribution in [-0.2, 0) is 0 Å². The van der Waals surface area contributed by atoms with E-state index in [0.717, 1.165) is 5.69 Å². The zero-order chi connectivity index (χ0) is 22.7. The second kappa shape index (κ2) is 8.86. The summed E-state index contributed by atoms with van der Waals surface area (Å²) in [5.74, 6) is -0.0642. The molecule has 0 atom stereocenters. The molecule has 0 radical (unpaired) electrons. The summed E-state index contributed by atoms with van der Waals surface area (Å²) < 4.78 is 5.34. The third kappa shape index (κ3) is 4.49. The van der Waals surface area contributed by atoms with Crippen LogP contribution in [0.15, 0.2) is 36.4 Å². The summed E-state index contributed by atoms with van der Waals surface area (Å²) >= 11 is 0. The van der Waals surface area contributed by atoms with Crippen molar-refractivity contribution in [2.45, 2.75) is 0 Å². The number of rotatable bonds is 6. The van der Waals surface area contributed by atoms with Crippen LogP contribution in [0.1, 0.15) is 10.4 Å². The van der Waals surface area contributed by atoms with Crippen LogP contribution in [-0.4, -0.2) is 68.0 Å². The number of nitro groups is 2. The molecule has 0 bridgehead atoms. The standard InChI is InChI=1S/C20H23N5O6/c1-21(2)17-13-19(31-3)16(12-18(17)25(29)30)20(26)23-10-8-22(9-11-23)14-4-6-15(7-5-14)24(27)28/h4-7,12-13H,8-11H2,1-3H3. The SMILES string of the molecule is COc1cc(N(C)C)c([N+](=O)[O-])cc1C(=O)N1CCN(c2ccc([N+](=O)[O-])cc2)CC1. The van der Waals surface area contributed by atoms with E-state index in [0.29, 0.717) is 31.9 Å². The molecule has 0 spiro atoms. The highest BCUT2D eigenvalue weighted by Gasteiger charge is 2.28. The van der Waals surface area contributed by atoms with Gasteiger partial charge in [0, 0.05) is 70.2 Å². The molecule has 0 saturated carbocycles. The fraction of sp³-hybridized carbons (Fsp3) is 0.350. The van der Waals surface area contributed by atoms with Gasteiger partial charge in [-0.1, -0.05) is 0 Å². The van der Waals surface area contributed by atoms with E-state index in [1.807, 2.05) is 4.90 Å². The number of amides is 1. The van der Waals surface area contributed by atoms with Crippen LogP contribution in [0.5, 0.6) is 5.75 Å². The number of methoxy groups -OCH3 is 1. The highest BCUT2D eigenvalue weighted by Crippen LogP contribution is 2.35. The molecule has 1 saturated heterocycles. The van der Waals surface area contributed by atoms with Gasteiger partial charge in [-0.05, 0) is 12.1 Å². The fourth-order valence-corrected chi connectivity index (χ4v) is 3.52. The Morgan fingerprint density at radius 1 is 1.00 bits per heavy atom. The first-order valence-corrected chi connectivity index (χ1v) is 9.55. The molecule has 1 heterocycles. The second-order valence-electron chi connectivity index (χ2n) is 7.25. The molecule has 0 aromatic heterocycles. The lowest BCUT2D eigenvalue weighted by molar-refractivity contribution is -0.384. The van der Waals surface area contributed by atoms with E-state index >= 15 is 0 Å². The van der Waals surface area contributed by atoms with E-state index in [1.54, 1.807) is 36.0 Å². The van der Waals surface area contributed by atoms with Gasteiger partial charge in [-0.3, -0.25) is 25.0 Å². The maximum absolute atomic E-state index is 13.1. The van der Waals surface area contributed by atoms with Crippen LogP contribution in [0.3, 0.4) is 0 Å². The Kier molecular flexibility index (Phi) is 6.23. The smallest absolute Gasteiger partial charge is 0.293 e. The Labute approximate surface area is 178 Å². The van der Waals surface area contributed by atoms with E-state index in [2.05, 4.69) is 0 Å². The molecule has 0 N–H and O–H groups in total. The van der Waals surface area contributed by atoms with E-state index in [9.17, 15) is 25.0 Å². The maximum atomic E-state index is 13.1. The summed E-state index contributed by atoms with van der Waals surface area (Å²) in [6.07, 6.45) is 0. The summed E-state index contributed by atoms with van der Waals surface area (Å²) in [6, 6.07) is 9.02. The molecule has 31 heavy (non-hydrogen) atoms. The normalized spacial score (nSPS) is 13.6. The van der Waals surface area contributed by atoms with E-state index in [1.165, 1.54) is 31.4 Å². The first kappa shape index (κ1) is 21.8. The van der Waals surface area contributed by atoms with Gasteiger partial charge in [0.1, 0.15) is 11.4 Å². The van der Waals surface area contributed by atoms with Crippen molar-refractivity contribution in [3.8, 4) is 5.75 Å². The minimum atomic E-state index is -0.516. The lowest BCUT2D eigenvalue weighted by Gasteiger charge is -2.36. The number of ether oxygens (including phenoxy) is 1. The van der Waals surface area contributed by atoms with Crippen molar-refractivity contribution in [1.29, 1.82) is 0 Å². The van der Waals surface area contributed by atoms with Gasteiger partial charge in [-0.15, -0.1) is 0 Å². The number of hydrogen-bond donors (Lipinski definition) is 0. The van der Waals surface area contributed by atoms with Crippen molar-refractivity contribution >= 4 is 28.7 Å². The topological polar surface area (TPSA) is 122 Å². The van der Waals surface area contributed by atoms with Crippen LogP contribution >= 0.6 is 0 Å². The minimum absolute atomic E-state index is 0.0208. The number of nitro benzene ring substituents is 2. The second-order valence-corrected chi connectivity index (χ2v) is 7.25. The van der Waals surface area contributed by atoms with Gasteiger partial charge < -0.3 is 19.4 Å². The number of anilines is 2. The monoisotopic (exact) mass is 429 g/mol. The van der Waals surface area contributed by atoms with Crippen molar-refractivity contribution in [2.75, 3.05) is 57.2 Å². The van der Waals surface area contributed by atoms with Gasteiger partial charge in [0.15, 0.2) is 0 Å². The first-order chi connectivity index (χ1) is 14.7. The maximum Gasteiger partial charge on any atom is 0.293 e. The summed E-state index contributed by atoms with van der Waals surface area (Å²) in [7, 11) is 4.78. The van der Waals surface area contributed by atoms with Crippen LogP contribution in [0.25, 0.3) is 0 Å². The highest BCUT2D eigenvalue weighted by molar-refractivity contribution is 5.99. The minimum Gasteiger partial charge on any atom is -0.496 e. The average Bonchev–Trinajstić information content (AvgIpc) is 2.77. The summed E-state index contributed by atoms with van der Waals surface area (Å²) in [4.78, 5) is 39.7. The Morgan fingerprint density at radius 3 is 2.10 bits per heavy atom. The largest absolute Gasteiger partial charge is 0.496 e. The fourth-order valence-electron chi connectivity index (χ4n) is 3.52. The van der Waals surface area contributed by atoms with Crippen LogP contribution < -0.4 is 14.5 Å². The van der Waals surface area contributed by atoms with Crippen molar-refractivity contribution in [1.82, 2.24) is 4.90 Å². The van der Waals surface area contributed by atoms with Crippen molar-refractivity contribution in [3.05, 3.63) is 62.2 Å². The Bertz CT molecular complexity index is 1000. The Morgan fingerprint density at radius 2 is 1.61 bits per heavy atom. The number of carbonyl (C=O) groups excluding carboxylic acids is 1. The molecule has 3 rings (SSSR count). The molecule has 1 aliphatic heterocycles. The van der Waals surface area contributed by atoms with Crippen LogP contribution in [0.4, 0.5) is 22.7 Å². The van der Waals surface area contributed by atoms with Crippen molar-refractivity contribution in [2.24, 2.45) is 0 Å². The zero-order valence-corrected chi connectivity index (χ0v) is 17.5. The Balaban J connectivity index is 1.78. The lowest BCUT2D eigenvalue weighted by Crippen LogP contribution is -2.48. The average molecular weight is 429 g/mol. The molecular formula is C20H23N5O6. The highest BCUT2D eigenvalue weighted by atomic mass is 16.6. The number of non-ortho nitro benzene ring substituents is 1. The molecule has 11 nitrogen and oxygen atoms in total. The van der Waals surface area contributed by atoms with Crippen molar-refractivity contribution in [3.63, 3.8) is 0 Å². The van der Waals surface area contributed by atoms with E-state index < -0.39 is 9.85 Å². The lowest BCUT2D eigenvalue weighted by atomic mass is 10.1. The number of nitrogens with zero attached hydrogens (tertiary/aromatic N) is 5. The number of piperazine rings is 1. The Hall–Kier alpha value is -3.89. The number of hydrogen-bond acceptors (Lipinski definition) is 8. The molecular weight excluding hydrogens is 406 g/mol. The molecule has 1 fully saturated rings. The zero-order valence-electron chi connectivity index (χ0n) is 17.5. The third-order valence-electron chi connectivity index (χ3n) is 5.20. The van der Waals surface area contributed by atoms with Gasteiger partial charge in [-0.25, -0.2) is 0 Å². The molecule has 0 aliphatic carbocycles. The molecule has 11 heteroatoms. The number of carbonyl (C=O) groups is 1. The predicted octanol–water partition coefficient (Wildman–Crippen LogP) is 2.54. The molecule has 164 valence electrons. The van der Waals surface area contributed by atoms with E-state index in [4.69, 9.17) is 4.74 Å². The molecule has 0 unspecified atom stereocenters. The molecule has 2 aromatic rings. The van der Waals surface area contributed by atoms with Gasteiger partial charge >= 0.3 is 0 Å². The van der Waals surface area contributed by atoms with Crippen LogP contribution in [0.2, 0.25) is 0 Å². The van der Waals surface area contributed by atoms with Crippen LogP contribution in [0, 0.1) is 20.2 Å². The van der Waals surface area contributed by atoms with Gasteiger partial charge in [0.2, 0.25) is 0 Å². The van der Waals surface area contributed by atoms with Gasteiger partial charge in [0.05, 0.1) is 22.5 Å². The summed E-state index contributed by atoms with van der Waals surface area (Å²) in [5.41, 5.74) is 1.18. The van der Waals surface area contributed by atoms with Crippen molar-refractivity contribution < 1.29 is 19.4 Å². The predicted molar refractivity (Wildman–Crippen MR) is 115 cm³/mol. The quantitative estimate of drug-likeness (QED) is 0.507. The summed E-state index contributed by atoms with van der Waals surface area (Å²) in [5, 5.41) is 22.3. The first-order valence-electron chi connectivity index (χ1n) is 9.55. The number of benzene rings is 2. The van der Waals surface area contributed by atoms with E-state index in [-0.39, 0.29) is 28.6 Å².